The molecule has 0 spiro atoms. The maximum absolute atomic E-state index is 12.1. The van der Waals surface area contributed by atoms with E-state index in [1.807, 2.05) is 4.90 Å². The van der Waals surface area contributed by atoms with Crippen LogP contribution in [0.4, 0.5) is 0 Å². The SMILES string of the molecule is C[C@H](N)C(=O)N1CCC(CNC(=O)c2cc(C3CC3)on2)CC1. The molecule has 23 heavy (non-hydrogen) atoms. The molecule has 1 atom stereocenters. The molecule has 2 amide bonds. The van der Waals surface area contributed by atoms with Crippen molar-refractivity contribution in [2.75, 3.05) is 19.6 Å². The van der Waals surface area contributed by atoms with Crippen LogP contribution in [-0.2, 0) is 4.79 Å². The highest BCUT2D eigenvalue weighted by atomic mass is 16.5. The summed E-state index contributed by atoms with van der Waals surface area (Å²) in [6, 6.07) is 1.30. The van der Waals surface area contributed by atoms with Crippen LogP contribution in [0.1, 0.15) is 54.8 Å². The van der Waals surface area contributed by atoms with Crippen LogP contribution in [0.2, 0.25) is 0 Å². The van der Waals surface area contributed by atoms with Crippen LogP contribution in [0.15, 0.2) is 10.6 Å². The molecule has 1 aromatic rings. The predicted molar refractivity (Wildman–Crippen MR) is 83.8 cm³/mol. The van der Waals surface area contributed by atoms with E-state index in [1.165, 1.54) is 0 Å². The molecule has 0 bridgehead atoms. The van der Waals surface area contributed by atoms with Crippen LogP contribution in [0, 0.1) is 5.92 Å². The number of carbonyl (C=O) groups excluding carboxylic acids is 2. The molecule has 1 aromatic heterocycles. The lowest BCUT2D eigenvalue weighted by Gasteiger charge is -2.33. The fourth-order valence-electron chi connectivity index (χ4n) is 2.93. The number of hydrogen-bond acceptors (Lipinski definition) is 5. The zero-order valence-corrected chi connectivity index (χ0v) is 13.5. The lowest BCUT2D eigenvalue weighted by Crippen LogP contribution is -2.47. The summed E-state index contributed by atoms with van der Waals surface area (Å²) < 4.78 is 5.20. The van der Waals surface area contributed by atoms with Gasteiger partial charge in [-0.05, 0) is 38.5 Å². The quantitative estimate of drug-likeness (QED) is 0.838. The van der Waals surface area contributed by atoms with Gasteiger partial charge in [0.05, 0.1) is 6.04 Å². The lowest BCUT2D eigenvalue weighted by atomic mass is 9.96. The summed E-state index contributed by atoms with van der Waals surface area (Å²) in [6.45, 7) is 3.72. The van der Waals surface area contributed by atoms with Gasteiger partial charge in [-0.2, -0.15) is 0 Å². The Bertz CT molecular complexity index is 572. The first kappa shape index (κ1) is 16.0. The molecule has 1 saturated heterocycles. The van der Waals surface area contributed by atoms with Gasteiger partial charge in [-0.1, -0.05) is 5.16 Å². The molecule has 2 heterocycles. The van der Waals surface area contributed by atoms with Gasteiger partial charge in [0, 0.05) is 31.6 Å². The molecule has 7 heteroatoms. The fourth-order valence-corrected chi connectivity index (χ4v) is 2.93. The van der Waals surface area contributed by atoms with E-state index in [9.17, 15) is 9.59 Å². The summed E-state index contributed by atoms with van der Waals surface area (Å²) >= 11 is 0. The van der Waals surface area contributed by atoms with Gasteiger partial charge in [-0.25, -0.2) is 0 Å². The Hall–Kier alpha value is -1.89. The Labute approximate surface area is 135 Å². The van der Waals surface area contributed by atoms with Gasteiger partial charge in [0.2, 0.25) is 5.91 Å². The third-order valence-electron chi connectivity index (χ3n) is 4.61. The van der Waals surface area contributed by atoms with Crippen LogP contribution >= 0.6 is 0 Å². The fraction of sp³-hybridized carbons (Fsp3) is 0.688. The molecule has 0 radical (unpaired) electrons. The minimum Gasteiger partial charge on any atom is -0.360 e. The summed E-state index contributed by atoms with van der Waals surface area (Å²) in [7, 11) is 0. The second kappa shape index (κ2) is 6.70. The summed E-state index contributed by atoms with van der Waals surface area (Å²) in [6.07, 6.45) is 4.00. The highest BCUT2D eigenvalue weighted by molar-refractivity contribution is 5.92. The van der Waals surface area contributed by atoms with Crippen molar-refractivity contribution in [1.29, 1.82) is 0 Å². The standard InChI is InChI=1S/C16H24N4O3/c1-10(17)16(22)20-6-4-11(5-7-20)9-18-15(21)13-8-14(23-19-13)12-2-3-12/h8,10-12H,2-7,9,17H2,1H3,(H,18,21)/t10-/m0/s1. The molecule has 1 aliphatic carbocycles. The van der Waals surface area contributed by atoms with E-state index >= 15 is 0 Å². The van der Waals surface area contributed by atoms with Gasteiger partial charge >= 0.3 is 0 Å². The van der Waals surface area contributed by atoms with Crippen molar-refractivity contribution in [3.8, 4) is 0 Å². The molecule has 3 rings (SSSR count). The van der Waals surface area contributed by atoms with Crippen LogP contribution in [0.25, 0.3) is 0 Å². The topological polar surface area (TPSA) is 101 Å². The Morgan fingerprint density at radius 2 is 2.09 bits per heavy atom. The van der Waals surface area contributed by atoms with Gasteiger partial charge in [-0.3, -0.25) is 9.59 Å². The van der Waals surface area contributed by atoms with Gasteiger partial charge in [0.25, 0.3) is 5.91 Å². The van der Waals surface area contributed by atoms with Crippen LogP contribution < -0.4 is 11.1 Å². The third-order valence-corrected chi connectivity index (χ3v) is 4.61. The number of nitrogens with one attached hydrogen (secondary N) is 1. The summed E-state index contributed by atoms with van der Waals surface area (Å²) in [5.74, 6) is 1.47. The molecular weight excluding hydrogens is 296 g/mol. The van der Waals surface area contributed by atoms with E-state index in [1.54, 1.807) is 13.0 Å². The summed E-state index contributed by atoms with van der Waals surface area (Å²) in [5.41, 5.74) is 5.99. The average molecular weight is 320 g/mol. The average Bonchev–Trinajstić information content (AvgIpc) is 3.29. The number of hydrogen-bond donors (Lipinski definition) is 2. The normalized spacial score (nSPS) is 20.3. The maximum atomic E-state index is 12.1. The van der Waals surface area contributed by atoms with E-state index in [2.05, 4.69) is 10.5 Å². The van der Waals surface area contributed by atoms with Gasteiger partial charge in [0.15, 0.2) is 5.69 Å². The monoisotopic (exact) mass is 320 g/mol. The summed E-state index contributed by atoms with van der Waals surface area (Å²) in [4.78, 5) is 25.7. The number of amides is 2. The van der Waals surface area contributed by atoms with E-state index in [0.717, 1.165) is 31.4 Å². The van der Waals surface area contributed by atoms with Crippen LogP contribution in [-0.4, -0.2) is 47.5 Å². The largest absolute Gasteiger partial charge is 0.360 e. The highest BCUT2D eigenvalue weighted by Crippen LogP contribution is 2.40. The molecule has 1 saturated carbocycles. The van der Waals surface area contributed by atoms with E-state index in [-0.39, 0.29) is 11.8 Å². The Kier molecular flexibility index (Phi) is 4.66. The van der Waals surface area contributed by atoms with Crippen molar-refractivity contribution in [1.82, 2.24) is 15.4 Å². The number of rotatable bonds is 5. The number of nitrogens with zero attached hydrogens (tertiary/aromatic N) is 2. The molecule has 7 nitrogen and oxygen atoms in total. The summed E-state index contributed by atoms with van der Waals surface area (Å²) in [5, 5.41) is 6.76. The molecule has 2 aliphatic rings. The first-order valence-corrected chi connectivity index (χ1v) is 8.33. The zero-order chi connectivity index (χ0) is 16.4. The number of piperidine rings is 1. The number of nitrogens with two attached hydrogens (primary N) is 1. The third kappa shape index (κ3) is 3.90. The first-order chi connectivity index (χ1) is 11.0. The molecule has 126 valence electrons. The molecule has 0 aromatic carbocycles. The Balaban J connectivity index is 1.42. The molecule has 3 N–H and O–H groups in total. The van der Waals surface area contributed by atoms with E-state index in [4.69, 9.17) is 10.3 Å². The van der Waals surface area contributed by atoms with Crippen molar-refractivity contribution in [3.63, 3.8) is 0 Å². The van der Waals surface area contributed by atoms with Gasteiger partial charge in [0.1, 0.15) is 5.76 Å². The first-order valence-electron chi connectivity index (χ1n) is 8.33. The lowest BCUT2D eigenvalue weighted by molar-refractivity contribution is -0.133. The molecule has 1 aliphatic heterocycles. The molecule has 0 unspecified atom stereocenters. The van der Waals surface area contributed by atoms with Crippen LogP contribution in [0.5, 0.6) is 0 Å². The second-order valence-corrected chi connectivity index (χ2v) is 6.66. The van der Waals surface area contributed by atoms with Crippen molar-refractivity contribution in [3.05, 3.63) is 17.5 Å². The van der Waals surface area contributed by atoms with Crippen molar-refractivity contribution < 1.29 is 14.1 Å². The maximum Gasteiger partial charge on any atom is 0.273 e. The second-order valence-electron chi connectivity index (χ2n) is 6.66. The molecule has 2 fully saturated rings. The smallest absolute Gasteiger partial charge is 0.273 e. The van der Waals surface area contributed by atoms with Gasteiger partial charge in [-0.15, -0.1) is 0 Å². The van der Waals surface area contributed by atoms with Crippen molar-refractivity contribution in [2.24, 2.45) is 11.7 Å². The number of carbonyl (C=O) groups is 2. The highest BCUT2D eigenvalue weighted by Gasteiger charge is 2.29. The predicted octanol–water partition coefficient (Wildman–Crippen LogP) is 0.868. The van der Waals surface area contributed by atoms with Crippen molar-refractivity contribution >= 4 is 11.8 Å². The number of aromatic nitrogens is 1. The van der Waals surface area contributed by atoms with E-state index in [0.29, 0.717) is 37.2 Å². The minimum absolute atomic E-state index is 0.00249. The van der Waals surface area contributed by atoms with Gasteiger partial charge < -0.3 is 20.5 Å². The molecular formula is C16H24N4O3. The minimum atomic E-state index is -0.445. The van der Waals surface area contributed by atoms with Crippen LogP contribution in [0.3, 0.4) is 0 Å². The van der Waals surface area contributed by atoms with Crippen molar-refractivity contribution in [2.45, 2.75) is 44.6 Å². The Morgan fingerprint density at radius 3 is 2.70 bits per heavy atom. The Morgan fingerprint density at radius 1 is 1.39 bits per heavy atom. The van der Waals surface area contributed by atoms with E-state index < -0.39 is 6.04 Å². The zero-order valence-electron chi connectivity index (χ0n) is 13.5. The number of likely N-dealkylation sites (tertiary alicyclic amines) is 1.